The van der Waals surface area contributed by atoms with Crippen molar-refractivity contribution in [2.75, 3.05) is 6.54 Å². The lowest BCUT2D eigenvalue weighted by Crippen LogP contribution is -2.14. The van der Waals surface area contributed by atoms with E-state index < -0.39 is 11.9 Å². The van der Waals surface area contributed by atoms with Crippen LogP contribution in [0.15, 0.2) is 54.6 Å². The van der Waals surface area contributed by atoms with Crippen molar-refractivity contribution >= 4 is 11.9 Å². The van der Waals surface area contributed by atoms with Gasteiger partial charge in [-0.25, -0.2) is 0 Å². The van der Waals surface area contributed by atoms with E-state index in [1.54, 1.807) is 0 Å². The number of carboxylic acid groups (broad SMARTS) is 2. The van der Waals surface area contributed by atoms with E-state index in [1.165, 1.54) is 11.1 Å². The van der Waals surface area contributed by atoms with E-state index in [2.05, 4.69) is 45.0 Å². The largest absolute Gasteiger partial charge is 0.486 e. The summed E-state index contributed by atoms with van der Waals surface area (Å²) in [5, 5.41) is 16.1. The Kier molecular flexibility index (Phi) is 10.6. The summed E-state index contributed by atoms with van der Waals surface area (Å²) in [7, 11) is 0. The number of ether oxygens (including phenoxy) is 1. The smallest absolute Gasteiger partial charge is 0.303 e. The van der Waals surface area contributed by atoms with Crippen molar-refractivity contribution in [3.05, 3.63) is 65.7 Å². The fourth-order valence-electron chi connectivity index (χ4n) is 2.70. The zero-order valence-electron chi connectivity index (χ0n) is 18.0. The molecule has 6 heteroatoms. The third-order valence-electron chi connectivity index (χ3n) is 4.38. The minimum Gasteiger partial charge on any atom is -0.486 e. The highest BCUT2D eigenvalue weighted by molar-refractivity contribution is 5.69. The van der Waals surface area contributed by atoms with Crippen molar-refractivity contribution in [1.29, 1.82) is 0 Å². The average Bonchev–Trinajstić information content (AvgIpc) is 2.68. The van der Waals surface area contributed by atoms with Gasteiger partial charge < -0.3 is 20.7 Å². The molecule has 0 amide bonds. The van der Waals surface area contributed by atoms with Crippen molar-refractivity contribution in [2.45, 2.75) is 58.0 Å². The molecule has 164 valence electrons. The Balaban J connectivity index is 0.000000424. The molecule has 0 fully saturated rings. The van der Waals surface area contributed by atoms with Crippen LogP contribution in [0.5, 0.6) is 5.75 Å². The molecule has 0 aliphatic rings. The Morgan fingerprint density at radius 1 is 0.933 bits per heavy atom. The van der Waals surface area contributed by atoms with Gasteiger partial charge in [-0.3, -0.25) is 9.59 Å². The summed E-state index contributed by atoms with van der Waals surface area (Å²) in [4.78, 5) is 19.6. The summed E-state index contributed by atoms with van der Waals surface area (Å²) >= 11 is 0. The summed E-state index contributed by atoms with van der Waals surface area (Å²) in [5.74, 6) is -1.00. The lowest BCUT2D eigenvalue weighted by atomic mass is 9.87. The number of benzene rings is 2. The molecule has 0 aromatic heterocycles. The van der Waals surface area contributed by atoms with Gasteiger partial charge in [-0.05, 0) is 41.6 Å². The topological polar surface area (TPSA) is 110 Å². The second-order valence-corrected chi connectivity index (χ2v) is 8.01. The maximum atomic E-state index is 9.79. The molecule has 0 aliphatic carbocycles. The van der Waals surface area contributed by atoms with E-state index in [0.29, 0.717) is 6.54 Å². The Hall–Kier alpha value is -2.86. The van der Waals surface area contributed by atoms with Crippen molar-refractivity contribution in [2.24, 2.45) is 5.73 Å². The van der Waals surface area contributed by atoms with Crippen molar-refractivity contribution < 1.29 is 24.5 Å². The van der Waals surface area contributed by atoms with Crippen LogP contribution >= 0.6 is 0 Å². The monoisotopic (exact) mass is 415 g/mol. The fourth-order valence-corrected chi connectivity index (χ4v) is 2.70. The molecule has 2 aromatic rings. The predicted octanol–water partition coefficient (Wildman–Crippen LogP) is 4.78. The number of carbonyl (C=O) groups is 2. The second-order valence-electron chi connectivity index (χ2n) is 8.01. The molecule has 0 heterocycles. The third kappa shape index (κ3) is 10.1. The predicted molar refractivity (Wildman–Crippen MR) is 118 cm³/mol. The van der Waals surface area contributed by atoms with Crippen molar-refractivity contribution in [3.8, 4) is 5.75 Å². The molecule has 0 aliphatic heterocycles. The van der Waals surface area contributed by atoms with Gasteiger partial charge in [-0.15, -0.1) is 0 Å². The minimum atomic E-state index is -0.948. The van der Waals surface area contributed by atoms with Crippen LogP contribution in [0.2, 0.25) is 0 Å². The average molecular weight is 416 g/mol. The quantitative estimate of drug-likeness (QED) is 0.544. The van der Waals surface area contributed by atoms with Crippen LogP contribution in [-0.4, -0.2) is 28.7 Å². The van der Waals surface area contributed by atoms with Crippen LogP contribution in [0.1, 0.15) is 63.7 Å². The molecule has 2 rings (SSSR count). The van der Waals surface area contributed by atoms with E-state index in [1.807, 2.05) is 30.3 Å². The summed E-state index contributed by atoms with van der Waals surface area (Å²) in [5.41, 5.74) is 8.36. The maximum absolute atomic E-state index is 9.79. The molecule has 2 aromatic carbocycles. The third-order valence-corrected chi connectivity index (χ3v) is 4.38. The van der Waals surface area contributed by atoms with Gasteiger partial charge in [0.2, 0.25) is 0 Å². The molecule has 0 bridgehead atoms. The SMILES string of the molecule is CC(C)(C)c1ccc(OC(CCN)c2ccccc2)cc1.O=C(O)CCCC(=O)O. The fraction of sp³-hybridized carbons (Fsp3) is 0.417. The van der Waals surface area contributed by atoms with Gasteiger partial charge >= 0.3 is 11.9 Å². The first-order valence-corrected chi connectivity index (χ1v) is 10.1. The summed E-state index contributed by atoms with van der Waals surface area (Å²) in [6.07, 6.45) is 0.908. The molecular weight excluding hydrogens is 382 g/mol. The van der Waals surface area contributed by atoms with Gasteiger partial charge in [-0.1, -0.05) is 63.2 Å². The number of rotatable bonds is 9. The van der Waals surface area contributed by atoms with Crippen LogP contribution in [0.25, 0.3) is 0 Å². The number of hydrogen-bond acceptors (Lipinski definition) is 4. The van der Waals surface area contributed by atoms with Crippen molar-refractivity contribution in [1.82, 2.24) is 0 Å². The zero-order chi connectivity index (χ0) is 22.6. The molecule has 6 nitrogen and oxygen atoms in total. The van der Waals surface area contributed by atoms with E-state index in [-0.39, 0.29) is 30.8 Å². The van der Waals surface area contributed by atoms with Gasteiger partial charge in [-0.2, -0.15) is 0 Å². The molecule has 1 atom stereocenters. The number of carboxylic acids is 2. The number of hydrogen-bond donors (Lipinski definition) is 3. The lowest BCUT2D eigenvalue weighted by Gasteiger charge is -2.21. The first-order valence-electron chi connectivity index (χ1n) is 10.1. The first kappa shape index (κ1) is 25.2. The summed E-state index contributed by atoms with van der Waals surface area (Å²) in [6, 6.07) is 18.6. The molecule has 0 radical (unpaired) electrons. The van der Waals surface area contributed by atoms with E-state index >= 15 is 0 Å². The second kappa shape index (κ2) is 12.6. The first-order chi connectivity index (χ1) is 14.1. The van der Waals surface area contributed by atoms with Gasteiger partial charge in [0, 0.05) is 19.3 Å². The van der Waals surface area contributed by atoms with Gasteiger partial charge in [0.15, 0.2) is 0 Å². The highest BCUT2D eigenvalue weighted by Crippen LogP contribution is 2.28. The number of nitrogens with two attached hydrogens (primary N) is 1. The molecule has 0 saturated carbocycles. The molecule has 1 unspecified atom stereocenters. The van der Waals surface area contributed by atoms with Crippen molar-refractivity contribution in [3.63, 3.8) is 0 Å². The normalized spacial score (nSPS) is 11.7. The standard InChI is InChI=1S/C19H25NO.C5H8O4/c1-19(2,3)16-9-11-17(12-10-16)21-18(13-14-20)15-7-5-4-6-8-15;6-4(7)2-1-3-5(8)9/h4-12,18H,13-14,20H2,1-3H3;1-3H2,(H,6,7)(H,8,9). The molecule has 0 spiro atoms. The Morgan fingerprint density at radius 2 is 1.47 bits per heavy atom. The van der Waals surface area contributed by atoms with Gasteiger partial charge in [0.25, 0.3) is 0 Å². The van der Waals surface area contributed by atoms with Gasteiger partial charge in [0.05, 0.1) is 0 Å². The highest BCUT2D eigenvalue weighted by atomic mass is 16.5. The maximum Gasteiger partial charge on any atom is 0.303 e. The Labute approximate surface area is 178 Å². The van der Waals surface area contributed by atoms with Crippen LogP contribution < -0.4 is 10.5 Å². The number of aliphatic carboxylic acids is 2. The molecule has 30 heavy (non-hydrogen) atoms. The van der Waals surface area contributed by atoms with Crippen LogP contribution in [-0.2, 0) is 15.0 Å². The zero-order valence-corrected chi connectivity index (χ0v) is 18.0. The summed E-state index contributed by atoms with van der Waals surface area (Å²) in [6.45, 7) is 7.25. The lowest BCUT2D eigenvalue weighted by molar-refractivity contribution is -0.138. The van der Waals surface area contributed by atoms with Gasteiger partial charge in [0.1, 0.15) is 11.9 Å². The highest BCUT2D eigenvalue weighted by Gasteiger charge is 2.15. The van der Waals surface area contributed by atoms with Crippen LogP contribution in [0, 0.1) is 0 Å². The van der Waals surface area contributed by atoms with E-state index in [4.69, 9.17) is 20.7 Å². The molecular formula is C24H33NO5. The minimum absolute atomic E-state index is 0.0108. The molecule has 4 N–H and O–H groups in total. The van der Waals surface area contributed by atoms with E-state index in [9.17, 15) is 9.59 Å². The Bertz CT molecular complexity index is 752. The van der Waals surface area contributed by atoms with E-state index in [0.717, 1.165) is 12.2 Å². The van der Waals surface area contributed by atoms with Crippen LogP contribution in [0.4, 0.5) is 0 Å². The summed E-state index contributed by atoms with van der Waals surface area (Å²) < 4.78 is 6.13. The molecule has 0 saturated heterocycles. The Morgan fingerprint density at radius 3 is 1.90 bits per heavy atom. The van der Waals surface area contributed by atoms with Crippen LogP contribution in [0.3, 0.4) is 0 Å².